The Kier molecular flexibility index (Phi) is 3.29. The van der Waals surface area contributed by atoms with Crippen molar-refractivity contribution in [3.63, 3.8) is 0 Å². The number of aromatic nitrogens is 1. The summed E-state index contributed by atoms with van der Waals surface area (Å²) in [6.45, 7) is 1.16. The van der Waals surface area contributed by atoms with E-state index in [-0.39, 0.29) is 11.3 Å². The smallest absolute Gasteiger partial charge is 0.227 e. The van der Waals surface area contributed by atoms with Crippen molar-refractivity contribution in [3.05, 3.63) is 24.0 Å². The van der Waals surface area contributed by atoms with Crippen LogP contribution in [0.5, 0.6) is 0 Å². The highest BCUT2D eigenvalue weighted by atomic mass is 16.2. The van der Waals surface area contributed by atoms with Crippen molar-refractivity contribution in [1.82, 2.24) is 10.3 Å². The van der Waals surface area contributed by atoms with Crippen LogP contribution in [0.3, 0.4) is 0 Å². The average Bonchev–Trinajstić information content (AvgIpc) is 2.70. The van der Waals surface area contributed by atoms with Crippen LogP contribution in [-0.2, 0) is 11.2 Å². The Morgan fingerprint density at radius 1 is 1.56 bits per heavy atom. The highest BCUT2D eigenvalue weighted by Crippen LogP contribution is 2.39. The maximum atomic E-state index is 11.9. The lowest BCUT2D eigenvalue weighted by Crippen LogP contribution is -2.50. The summed E-state index contributed by atoms with van der Waals surface area (Å²) in [5.74, 6) is 0.132. The molecule has 4 heteroatoms. The maximum Gasteiger partial charge on any atom is 0.227 e. The second-order valence-electron chi connectivity index (χ2n) is 4.54. The van der Waals surface area contributed by atoms with Gasteiger partial charge in [-0.3, -0.25) is 4.79 Å². The molecule has 16 heavy (non-hydrogen) atoms. The van der Waals surface area contributed by atoms with Gasteiger partial charge in [-0.05, 0) is 25.0 Å². The van der Waals surface area contributed by atoms with Crippen LogP contribution in [0, 0.1) is 5.41 Å². The standard InChI is InChI=1S/C12H19N3O/c13-9-12(5-2-6-12)11(16)15-8-4-10-3-1-7-14-10/h1,3,7,14H,2,4-6,8-9,13H2,(H,15,16). The third-order valence-electron chi connectivity index (χ3n) is 3.53. The first kappa shape index (κ1) is 11.2. The van der Waals surface area contributed by atoms with E-state index >= 15 is 0 Å². The van der Waals surface area contributed by atoms with Gasteiger partial charge < -0.3 is 16.0 Å². The summed E-state index contributed by atoms with van der Waals surface area (Å²) in [6.07, 6.45) is 5.75. The Balaban J connectivity index is 1.75. The normalized spacial score (nSPS) is 17.8. The molecule has 1 aromatic rings. The largest absolute Gasteiger partial charge is 0.365 e. The molecule has 1 saturated carbocycles. The van der Waals surface area contributed by atoms with Gasteiger partial charge in [-0.2, -0.15) is 0 Å². The van der Waals surface area contributed by atoms with E-state index < -0.39 is 0 Å². The molecule has 4 N–H and O–H groups in total. The van der Waals surface area contributed by atoms with E-state index in [1.165, 1.54) is 0 Å². The molecule has 0 bridgehead atoms. The molecule has 1 aliphatic rings. The zero-order valence-electron chi connectivity index (χ0n) is 9.46. The van der Waals surface area contributed by atoms with Crippen LogP contribution in [0.15, 0.2) is 18.3 Å². The van der Waals surface area contributed by atoms with Crippen molar-refractivity contribution < 1.29 is 4.79 Å². The van der Waals surface area contributed by atoms with Crippen molar-refractivity contribution >= 4 is 5.91 Å². The number of hydrogen-bond donors (Lipinski definition) is 3. The zero-order valence-corrected chi connectivity index (χ0v) is 9.46. The SMILES string of the molecule is NCC1(C(=O)NCCc2ccc[nH]2)CCC1. The van der Waals surface area contributed by atoms with E-state index in [2.05, 4.69) is 10.3 Å². The lowest BCUT2D eigenvalue weighted by Gasteiger charge is -2.39. The van der Waals surface area contributed by atoms with Gasteiger partial charge in [0.25, 0.3) is 0 Å². The van der Waals surface area contributed by atoms with Gasteiger partial charge in [0.05, 0.1) is 5.41 Å². The molecular weight excluding hydrogens is 202 g/mol. The lowest BCUT2D eigenvalue weighted by molar-refractivity contribution is -0.135. The minimum absolute atomic E-state index is 0.132. The van der Waals surface area contributed by atoms with E-state index in [1.807, 2.05) is 18.3 Å². The van der Waals surface area contributed by atoms with E-state index in [4.69, 9.17) is 5.73 Å². The number of aromatic amines is 1. The van der Waals surface area contributed by atoms with Crippen LogP contribution in [0.1, 0.15) is 25.0 Å². The van der Waals surface area contributed by atoms with Crippen molar-refractivity contribution in [1.29, 1.82) is 0 Å². The van der Waals surface area contributed by atoms with Gasteiger partial charge in [0.15, 0.2) is 0 Å². The minimum atomic E-state index is -0.254. The number of rotatable bonds is 5. The predicted octanol–water partition coefficient (Wildman–Crippen LogP) is 0.802. The van der Waals surface area contributed by atoms with Gasteiger partial charge in [0.1, 0.15) is 0 Å². The zero-order chi connectivity index (χ0) is 11.4. The number of amides is 1. The molecule has 0 aromatic carbocycles. The number of H-pyrrole nitrogens is 1. The Bertz CT molecular complexity index is 336. The van der Waals surface area contributed by atoms with Gasteiger partial charge >= 0.3 is 0 Å². The van der Waals surface area contributed by atoms with Gasteiger partial charge in [0, 0.05) is 31.4 Å². The van der Waals surface area contributed by atoms with E-state index in [1.54, 1.807) is 0 Å². The summed E-state index contributed by atoms with van der Waals surface area (Å²) < 4.78 is 0. The number of nitrogens with one attached hydrogen (secondary N) is 2. The Hall–Kier alpha value is -1.29. The molecule has 0 atom stereocenters. The van der Waals surface area contributed by atoms with Crippen LogP contribution in [0.25, 0.3) is 0 Å². The molecule has 4 nitrogen and oxygen atoms in total. The van der Waals surface area contributed by atoms with Gasteiger partial charge in [-0.25, -0.2) is 0 Å². The monoisotopic (exact) mass is 221 g/mol. The molecule has 0 saturated heterocycles. The quantitative estimate of drug-likeness (QED) is 0.688. The summed E-state index contributed by atoms with van der Waals surface area (Å²) in [5.41, 5.74) is 6.56. The van der Waals surface area contributed by atoms with Crippen LogP contribution in [0.4, 0.5) is 0 Å². The second kappa shape index (κ2) is 4.70. The van der Waals surface area contributed by atoms with Crippen LogP contribution >= 0.6 is 0 Å². The minimum Gasteiger partial charge on any atom is -0.365 e. The first-order chi connectivity index (χ1) is 7.77. The number of carbonyl (C=O) groups is 1. The molecule has 1 amide bonds. The summed E-state index contributed by atoms with van der Waals surface area (Å²) in [5, 5.41) is 2.98. The summed E-state index contributed by atoms with van der Waals surface area (Å²) in [4.78, 5) is 15.0. The predicted molar refractivity (Wildman–Crippen MR) is 62.8 cm³/mol. The number of carbonyl (C=O) groups excluding carboxylic acids is 1. The third-order valence-corrected chi connectivity index (χ3v) is 3.53. The van der Waals surface area contributed by atoms with Gasteiger partial charge in [-0.15, -0.1) is 0 Å². The summed E-state index contributed by atoms with van der Waals surface area (Å²) >= 11 is 0. The van der Waals surface area contributed by atoms with Gasteiger partial charge in [0.2, 0.25) is 5.91 Å². The van der Waals surface area contributed by atoms with Gasteiger partial charge in [-0.1, -0.05) is 6.42 Å². The van der Waals surface area contributed by atoms with Crippen molar-refractivity contribution in [2.24, 2.45) is 11.1 Å². The topological polar surface area (TPSA) is 70.9 Å². The molecule has 0 spiro atoms. The van der Waals surface area contributed by atoms with E-state index in [0.29, 0.717) is 13.1 Å². The van der Waals surface area contributed by atoms with Crippen LogP contribution in [-0.4, -0.2) is 24.0 Å². The van der Waals surface area contributed by atoms with Crippen LogP contribution in [0.2, 0.25) is 0 Å². The van der Waals surface area contributed by atoms with Crippen molar-refractivity contribution in [2.45, 2.75) is 25.7 Å². The number of hydrogen-bond acceptors (Lipinski definition) is 2. The Labute approximate surface area is 95.6 Å². The highest BCUT2D eigenvalue weighted by Gasteiger charge is 2.42. The van der Waals surface area contributed by atoms with E-state index in [9.17, 15) is 4.79 Å². The molecule has 1 fully saturated rings. The third kappa shape index (κ3) is 2.11. The van der Waals surface area contributed by atoms with E-state index in [0.717, 1.165) is 31.4 Å². The molecule has 2 rings (SSSR count). The fraction of sp³-hybridized carbons (Fsp3) is 0.583. The van der Waals surface area contributed by atoms with Crippen molar-refractivity contribution in [3.8, 4) is 0 Å². The Morgan fingerprint density at radius 3 is 2.88 bits per heavy atom. The second-order valence-corrected chi connectivity index (χ2v) is 4.54. The fourth-order valence-electron chi connectivity index (χ4n) is 2.15. The molecule has 1 heterocycles. The molecule has 88 valence electrons. The molecular formula is C12H19N3O. The van der Waals surface area contributed by atoms with Crippen LogP contribution < -0.4 is 11.1 Å². The molecule has 0 radical (unpaired) electrons. The highest BCUT2D eigenvalue weighted by molar-refractivity contribution is 5.83. The first-order valence-corrected chi connectivity index (χ1v) is 5.87. The Morgan fingerprint density at radius 2 is 2.38 bits per heavy atom. The summed E-state index contributed by atoms with van der Waals surface area (Å²) in [7, 11) is 0. The average molecular weight is 221 g/mol. The maximum absolute atomic E-state index is 11.9. The van der Waals surface area contributed by atoms with Crippen molar-refractivity contribution in [2.75, 3.05) is 13.1 Å². The fourth-order valence-corrected chi connectivity index (χ4v) is 2.15. The molecule has 1 aliphatic carbocycles. The molecule has 0 unspecified atom stereocenters. The molecule has 1 aromatic heterocycles. The summed E-state index contributed by atoms with van der Waals surface area (Å²) in [6, 6.07) is 3.98. The molecule has 0 aliphatic heterocycles. The lowest BCUT2D eigenvalue weighted by atomic mass is 9.68. The number of nitrogens with two attached hydrogens (primary N) is 1. The first-order valence-electron chi connectivity index (χ1n) is 5.87.